The first-order chi connectivity index (χ1) is 12.3. The van der Waals surface area contributed by atoms with Crippen LogP contribution in [0.1, 0.15) is 25.3 Å². The van der Waals surface area contributed by atoms with Gasteiger partial charge in [-0.15, -0.1) is 0 Å². The van der Waals surface area contributed by atoms with E-state index in [1.54, 1.807) is 4.68 Å². The van der Waals surface area contributed by atoms with E-state index in [9.17, 15) is 4.79 Å². The lowest BCUT2D eigenvalue weighted by molar-refractivity contribution is 0.0358. The van der Waals surface area contributed by atoms with Crippen molar-refractivity contribution in [1.82, 2.24) is 14.7 Å². The first-order valence-electron chi connectivity index (χ1n) is 9.24. The molecule has 1 saturated heterocycles. The zero-order chi connectivity index (χ0) is 17.5. The predicted octanol–water partition coefficient (Wildman–Crippen LogP) is 2.59. The maximum absolute atomic E-state index is 12.8. The summed E-state index contributed by atoms with van der Waals surface area (Å²) in [6.07, 6.45) is 2.92. The molecule has 0 radical (unpaired) electrons. The number of aryl methyl sites for hydroxylation is 1. The van der Waals surface area contributed by atoms with Crippen LogP contribution >= 0.6 is 0 Å². The second kappa shape index (κ2) is 8.92. The van der Waals surface area contributed by atoms with Gasteiger partial charge in [-0.2, -0.15) is 5.10 Å². The molecule has 1 aliphatic rings. The van der Waals surface area contributed by atoms with Crippen molar-refractivity contribution in [3.05, 3.63) is 52.3 Å². The van der Waals surface area contributed by atoms with Gasteiger partial charge in [0.05, 0.1) is 25.5 Å². The molecule has 2 heterocycles. The van der Waals surface area contributed by atoms with Crippen molar-refractivity contribution in [2.45, 2.75) is 32.7 Å². The quantitative estimate of drug-likeness (QED) is 0.777. The fourth-order valence-electron chi connectivity index (χ4n) is 3.11. The van der Waals surface area contributed by atoms with Crippen LogP contribution in [-0.2, 0) is 17.7 Å². The lowest BCUT2D eigenvalue weighted by Gasteiger charge is -2.26. The van der Waals surface area contributed by atoms with E-state index >= 15 is 0 Å². The maximum atomic E-state index is 12.8. The molecular formula is C20H27N3O2. The van der Waals surface area contributed by atoms with Crippen LogP contribution in [0.3, 0.4) is 0 Å². The van der Waals surface area contributed by atoms with E-state index in [-0.39, 0.29) is 5.56 Å². The number of rotatable bonds is 7. The number of nitrogens with zero attached hydrogens (tertiary/aromatic N) is 3. The lowest BCUT2D eigenvalue weighted by Crippen LogP contribution is -2.40. The standard InChI is InChI=1S/C20H27N3O2/c1-2-3-7-18-16-19(17-8-5-4-6-9-17)21-23(20(18)24)11-10-22-12-14-25-15-13-22/h4-6,8-9,16H,2-3,7,10-15H2,1H3. The number of aromatic nitrogens is 2. The molecule has 1 aromatic heterocycles. The van der Waals surface area contributed by atoms with Gasteiger partial charge >= 0.3 is 0 Å². The van der Waals surface area contributed by atoms with Crippen LogP contribution in [0.4, 0.5) is 0 Å². The Hall–Kier alpha value is -1.98. The molecule has 0 bridgehead atoms. The number of unbranched alkanes of at least 4 members (excludes halogenated alkanes) is 1. The Balaban J connectivity index is 1.85. The minimum absolute atomic E-state index is 0.0568. The number of benzene rings is 1. The van der Waals surface area contributed by atoms with Crippen LogP contribution < -0.4 is 5.56 Å². The summed E-state index contributed by atoms with van der Waals surface area (Å²) in [6.45, 7) is 7.00. The lowest BCUT2D eigenvalue weighted by atomic mass is 10.1. The van der Waals surface area contributed by atoms with Gasteiger partial charge in [-0.1, -0.05) is 43.7 Å². The van der Waals surface area contributed by atoms with Gasteiger partial charge in [-0.05, 0) is 18.9 Å². The van der Waals surface area contributed by atoms with E-state index in [1.165, 1.54) is 0 Å². The Morgan fingerprint density at radius 1 is 1.12 bits per heavy atom. The Labute approximate surface area is 149 Å². The molecule has 0 N–H and O–H groups in total. The van der Waals surface area contributed by atoms with E-state index in [2.05, 4.69) is 16.9 Å². The summed E-state index contributed by atoms with van der Waals surface area (Å²) in [7, 11) is 0. The van der Waals surface area contributed by atoms with Crippen LogP contribution in [0.2, 0.25) is 0 Å². The summed E-state index contributed by atoms with van der Waals surface area (Å²) >= 11 is 0. The third-order valence-electron chi connectivity index (χ3n) is 4.65. The predicted molar refractivity (Wildman–Crippen MR) is 99.8 cm³/mol. The van der Waals surface area contributed by atoms with Crippen molar-refractivity contribution in [3.8, 4) is 11.3 Å². The summed E-state index contributed by atoms with van der Waals surface area (Å²) in [5.41, 5.74) is 2.87. The monoisotopic (exact) mass is 341 g/mol. The average Bonchev–Trinajstić information content (AvgIpc) is 2.67. The molecule has 5 nitrogen and oxygen atoms in total. The van der Waals surface area contributed by atoms with Crippen molar-refractivity contribution in [2.75, 3.05) is 32.8 Å². The Bertz CT molecular complexity index is 721. The molecule has 2 aromatic rings. The molecule has 25 heavy (non-hydrogen) atoms. The number of hydrogen-bond acceptors (Lipinski definition) is 4. The summed E-state index contributed by atoms with van der Waals surface area (Å²) in [4.78, 5) is 15.1. The highest BCUT2D eigenvalue weighted by Gasteiger charge is 2.13. The Kier molecular flexibility index (Phi) is 6.36. The normalized spacial score (nSPS) is 15.4. The number of ether oxygens (including phenoxy) is 1. The summed E-state index contributed by atoms with van der Waals surface area (Å²) in [6, 6.07) is 12.1. The minimum atomic E-state index is 0.0568. The zero-order valence-corrected chi connectivity index (χ0v) is 15.0. The van der Waals surface area contributed by atoms with Gasteiger partial charge in [0.2, 0.25) is 0 Å². The van der Waals surface area contributed by atoms with E-state index in [1.807, 2.05) is 36.4 Å². The fourth-order valence-corrected chi connectivity index (χ4v) is 3.11. The van der Waals surface area contributed by atoms with E-state index < -0.39 is 0 Å². The third kappa shape index (κ3) is 4.77. The molecule has 0 saturated carbocycles. The fraction of sp³-hybridized carbons (Fsp3) is 0.500. The van der Waals surface area contributed by atoms with Crippen LogP contribution in [0.5, 0.6) is 0 Å². The molecule has 1 fully saturated rings. The van der Waals surface area contributed by atoms with Gasteiger partial charge in [0, 0.05) is 30.8 Å². The second-order valence-electron chi connectivity index (χ2n) is 6.51. The average molecular weight is 341 g/mol. The van der Waals surface area contributed by atoms with E-state index in [0.717, 1.165) is 68.9 Å². The zero-order valence-electron chi connectivity index (χ0n) is 15.0. The third-order valence-corrected chi connectivity index (χ3v) is 4.65. The Morgan fingerprint density at radius 3 is 2.60 bits per heavy atom. The molecule has 1 aliphatic heterocycles. The van der Waals surface area contributed by atoms with E-state index in [0.29, 0.717) is 6.54 Å². The highest BCUT2D eigenvalue weighted by molar-refractivity contribution is 5.58. The van der Waals surface area contributed by atoms with E-state index in [4.69, 9.17) is 4.74 Å². The topological polar surface area (TPSA) is 47.4 Å². The Morgan fingerprint density at radius 2 is 1.88 bits per heavy atom. The van der Waals surface area contributed by atoms with Gasteiger partial charge in [-0.25, -0.2) is 4.68 Å². The summed E-state index contributed by atoms with van der Waals surface area (Å²) in [5, 5.41) is 4.64. The molecule has 0 amide bonds. The van der Waals surface area contributed by atoms with Crippen molar-refractivity contribution in [1.29, 1.82) is 0 Å². The first-order valence-corrected chi connectivity index (χ1v) is 9.24. The van der Waals surface area contributed by atoms with Crippen molar-refractivity contribution in [2.24, 2.45) is 0 Å². The summed E-state index contributed by atoms with van der Waals surface area (Å²) < 4.78 is 7.05. The van der Waals surface area contributed by atoms with Gasteiger partial charge in [-0.3, -0.25) is 9.69 Å². The highest BCUT2D eigenvalue weighted by Crippen LogP contribution is 2.16. The van der Waals surface area contributed by atoms with Crippen molar-refractivity contribution < 1.29 is 4.74 Å². The smallest absolute Gasteiger partial charge is 0.270 e. The molecular weight excluding hydrogens is 314 g/mol. The van der Waals surface area contributed by atoms with Crippen LogP contribution in [0.25, 0.3) is 11.3 Å². The first kappa shape index (κ1) is 17.8. The van der Waals surface area contributed by atoms with Gasteiger partial charge in [0.1, 0.15) is 0 Å². The largest absolute Gasteiger partial charge is 0.379 e. The molecule has 3 rings (SSSR count). The van der Waals surface area contributed by atoms with Gasteiger partial charge in [0.15, 0.2) is 0 Å². The second-order valence-corrected chi connectivity index (χ2v) is 6.51. The summed E-state index contributed by atoms with van der Waals surface area (Å²) in [5.74, 6) is 0. The maximum Gasteiger partial charge on any atom is 0.270 e. The molecule has 5 heteroatoms. The highest BCUT2D eigenvalue weighted by atomic mass is 16.5. The van der Waals surface area contributed by atoms with Gasteiger partial charge in [0.25, 0.3) is 5.56 Å². The van der Waals surface area contributed by atoms with Crippen LogP contribution in [-0.4, -0.2) is 47.5 Å². The van der Waals surface area contributed by atoms with Crippen molar-refractivity contribution in [3.63, 3.8) is 0 Å². The van der Waals surface area contributed by atoms with Crippen molar-refractivity contribution >= 4 is 0 Å². The molecule has 0 spiro atoms. The molecule has 1 aromatic carbocycles. The molecule has 0 unspecified atom stereocenters. The number of hydrogen-bond donors (Lipinski definition) is 0. The van der Waals surface area contributed by atoms with Crippen LogP contribution in [0.15, 0.2) is 41.2 Å². The van der Waals surface area contributed by atoms with Crippen LogP contribution in [0, 0.1) is 0 Å². The minimum Gasteiger partial charge on any atom is -0.379 e. The molecule has 0 atom stereocenters. The number of morpholine rings is 1. The molecule has 0 aliphatic carbocycles. The SMILES string of the molecule is CCCCc1cc(-c2ccccc2)nn(CCN2CCOCC2)c1=O. The molecule has 134 valence electrons. The van der Waals surface area contributed by atoms with Gasteiger partial charge < -0.3 is 4.74 Å².